The predicted octanol–water partition coefficient (Wildman–Crippen LogP) is 2.34. The van der Waals surface area contributed by atoms with Crippen molar-refractivity contribution in [3.8, 4) is 0 Å². The molecule has 0 aliphatic carbocycles. The first-order valence-electron chi connectivity index (χ1n) is 6.11. The van der Waals surface area contributed by atoms with E-state index in [0.29, 0.717) is 29.3 Å². The van der Waals surface area contributed by atoms with E-state index in [1.165, 1.54) is 6.33 Å². The molecule has 17 heavy (non-hydrogen) atoms. The van der Waals surface area contributed by atoms with Crippen LogP contribution in [0.4, 0.5) is 17.3 Å². The lowest BCUT2D eigenvalue weighted by Gasteiger charge is -2.14. The van der Waals surface area contributed by atoms with Crippen molar-refractivity contribution in [2.24, 2.45) is 5.92 Å². The van der Waals surface area contributed by atoms with Crippen LogP contribution in [0.2, 0.25) is 0 Å². The van der Waals surface area contributed by atoms with Gasteiger partial charge < -0.3 is 16.4 Å². The second-order valence-corrected chi connectivity index (χ2v) is 4.89. The number of aromatic nitrogens is 2. The van der Waals surface area contributed by atoms with Gasteiger partial charge in [-0.05, 0) is 26.2 Å². The van der Waals surface area contributed by atoms with Gasteiger partial charge in [0.05, 0.1) is 0 Å². The van der Waals surface area contributed by atoms with E-state index in [2.05, 4.69) is 34.4 Å². The molecule has 0 atom stereocenters. The van der Waals surface area contributed by atoms with Crippen molar-refractivity contribution < 1.29 is 0 Å². The fraction of sp³-hybridized carbons (Fsp3) is 0.667. The highest BCUT2D eigenvalue weighted by molar-refractivity contribution is 5.74. The van der Waals surface area contributed by atoms with Crippen LogP contribution in [0.15, 0.2) is 6.33 Å². The van der Waals surface area contributed by atoms with Gasteiger partial charge >= 0.3 is 0 Å². The Hall–Kier alpha value is -1.52. The molecule has 0 bridgehead atoms. The number of rotatable bonds is 6. The fourth-order valence-electron chi connectivity index (χ4n) is 1.40. The maximum Gasteiger partial charge on any atom is 0.155 e. The highest BCUT2D eigenvalue weighted by Crippen LogP contribution is 2.22. The zero-order valence-electron chi connectivity index (χ0n) is 11.1. The molecule has 0 saturated heterocycles. The molecule has 96 valence electrons. The standard InChI is InChI=1S/C12H23N5/c1-8(2)5-6-14-11-10(13)12(16-7-15-11)17-9(3)4/h7-9H,5-6,13H2,1-4H3,(H2,14,15,16,17). The van der Waals surface area contributed by atoms with E-state index in [1.807, 2.05) is 13.8 Å². The highest BCUT2D eigenvalue weighted by Gasteiger charge is 2.08. The maximum absolute atomic E-state index is 6.00. The van der Waals surface area contributed by atoms with Crippen molar-refractivity contribution in [2.45, 2.75) is 40.2 Å². The molecule has 0 unspecified atom stereocenters. The molecule has 0 radical (unpaired) electrons. The summed E-state index contributed by atoms with van der Waals surface area (Å²) in [5.74, 6) is 2.07. The molecule has 0 aliphatic heterocycles. The van der Waals surface area contributed by atoms with Crippen LogP contribution in [0.3, 0.4) is 0 Å². The SMILES string of the molecule is CC(C)CCNc1ncnc(NC(C)C)c1N. The average Bonchev–Trinajstić information content (AvgIpc) is 2.22. The summed E-state index contributed by atoms with van der Waals surface area (Å²) in [7, 11) is 0. The Kier molecular flexibility index (Phi) is 5.00. The van der Waals surface area contributed by atoms with Crippen LogP contribution in [0.5, 0.6) is 0 Å². The molecule has 1 heterocycles. The first-order chi connectivity index (χ1) is 8.00. The van der Waals surface area contributed by atoms with Crippen molar-refractivity contribution in [3.05, 3.63) is 6.33 Å². The molecule has 4 N–H and O–H groups in total. The summed E-state index contributed by atoms with van der Waals surface area (Å²) in [5, 5.41) is 6.44. The minimum atomic E-state index is 0.302. The Labute approximate surface area is 103 Å². The van der Waals surface area contributed by atoms with Crippen LogP contribution in [0, 0.1) is 5.92 Å². The Morgan fingerprint density at radius 3 is 2.41 bits per heavy atom. The summed E-state index contributed by atoms with van der Waals surface area (Å²) in [5.41, 5.74) is 6.59. The van der Waals surface area contributed by atoms with Crippen LogP contribution in [0.25, 0.3) is 0 Å². The number of nitrogen functional groups attached to an aromatic ring is 1. The Morgan fingerprint density at radius 1 is 1.18 bits per heavy atom. The molecule has 1 rings (SSSR count). The monoisotopic (exact) mass is 237 g/mol. The van der Waals surface area contributed by atoms with Crippen LogP contribution in [0.1, 0.15) is 34.1 Å². The molecule has 0 spiro atoms. The molecule has 0 fully saturated rings. The third-order valence-corrected chi connectivity index (χ3v) is 2.32. The molecule has 0 saturated carbocycles. The number of anilines is 3. The van der Waals surface area contributed by atoms with E-state index in [-0.39, 0.29) is 0 Å². The molecule has 5 nitrogen and oxygen atoms in total. The van der Waals surface area contributed by atoms with Gasteiger partial charge in [-0.15, -0.1) is 0 Å². The number of nitrogens with zero attached hydrogens (tertiary/aromatic N) is 2. The minimum absolute atomic E-state index is 0.302. The molecule has 5 heteroatoms. The maximum atomic E-state index is 6.00. The Morgan fingerprint density at radius 2 is 1.82 bits per heavy atom. The molecule has 0 amide bonds. The molecule has 0 aromatic carbocycles. The van der Waals surface area contributed by atoms with Crippen LogP contribution >= 0.6 is 0 Å². The summed E-state index contributed by atoms with van der Waals surface area (Å²) in [4.78, 5) is 8.29. The zero-order valence-corrected chi connectivity index (χ0v) is 11.1. The van der Waals surface area contributed by atoms with Gasteiger partial charge in [0, 0.05) is 12.6 Å². The van der Waals surface area contributed by atoms with Gasteiger partial charge in [-0.25, -0.2) is 9.97 Å². The third-order valence-electron chi connectivity index (χ3n) is 2.32. The van der Waals surface area contributed by atoms with E-state index >= 15 is 0 Å². The molecular weight excluding hydrogens is 214 g/mol. The van der Waals surface area contributed by atoms with Crippen molar-refractivity contribution in [1.29, 1.82) is 0 Å². The Bertz CT molecular complexity index is 349. The summed E-state index contributed by atoms with van der Waals surface area (Å²) in [6.07, 6.45) is 2.62. The van der Waals surface area contributed by atoms with Crippen LogP contribution < -0.4 is 16.4 Å². The third kappa shape index (κ3) is 4.46. The first-order valence-corrected chi connectivity index (χ1v) is 6.11. The summed E-state index contributed by atoms with van der Waals surface area (Å²) in [6.45, 7) is 9.36. The second kappa shape index (κ2) is 6.27. The van der Waals surface area contributed by atoms with Crippen molar-refractivity contribution in [3.63, 3.8) is 0 Å². The van der Waals surface area contributed by atoms with E-state index < -0.39 is 0 Å². The average molecular weight is 237 g/mol. The zero-order chi connectivity index (χ0) is 12.8. The van der Waals surface area contributed by atoms with Gasteiger partial charge in [0.15, 0.2) is 11.6 Å². The van der Waals surface area contributed by atoms with Crippen LogP contribution in [-0.4, -0.2) is 22.6 Å². The van der Waals surface area contributed by atoms with E-state index in [4.69, 9.17) is 5.73 Å². The van der Waals surface area contributed by atoms with Crippen molar-refractivity contribution in [2.75, 3.05) is 22.9 Å². The molecule has 0 aliphatic rings. The summed E-state index contributed by atoms with van der Waals surface area (Å²) >= 11 is 0. The predicted molar refractivity (Wildman–Crippen MR) is 73.1 cm³/mol. The lowest BCUT2D eigenvalue weighted by Crippen LogP contribution is -2.15. The minimum Gasteiger partial charge on any atom is -0.393 e. The van der Waals surface area contributed by atoms with E-state index in [0.717, 1.165) is 13.0 Å². The largest absolute Gasteiger partial charge is 0.393 e. The van der Waals surface area contributed by atoms with Gasteiger partial charge in [-0.2, -0.15) is 0 Å². The fourth-order valence-corrected chi connectivity index (χ4v) is 1.40. The van der Waals surface area contributed by atoms with Gasteiger partial charge in [-0.3, -0.25) is 0 Å². The topological polar surface area (TPSA) is 75.9 Å². The van der Waals surface area contributed by atoms with E-state index in [1.54, 1.807) is 0 Å². The smallest absolute Gasteiger partial charge is 0.155 e. The normalized spacial score (nSPS) is 10.9. The van der Waals surface area contributed by atoms with Gasteiger partial charge in [-0.1, -0.05) is 13.8 Å². The van der Waals surface area contributed by atoms with Gasteiger partial charge in [0.1, 0.15) is 12.0 Å². The summed E-state index contributed by atoms with van der Waals surface area (Å²) < 4.78 is 0. The molecule has 1 aromatic heterocycles. The summed E-state index contributed by atoms with van der Waals surface area (Å²) in [6, 6.07) is 0.302. The number of hydrogen-bond acceptors (Lipinski definition) is 5. The Balaban J connectivity index is 2.66. The number of nitrogens with two attached hydrogens (primary N) is 1. The van der Waals surface area contributed by atoms with Gasteiger partial charge in [0.2, 0.25) is 0 Å². The first kappa shape index (κ1) is 13.5. The molecule has 1 aromatic rings. The van der Waals surface area contributed by atoms with Crippen molar-refractivity contribution >= 4 is 17.3 Å². The van der Waals surface area contributed by atoms with Gasteiger partial charge in [0.25, 0.3) is 0 Å². The second-order valence-electron chi connectivity index (χ2n) is 4.89. The van der Waals surface area contributed by atoms with Crippen molar-refractivity contribution in [1.82, 2.24) is 9.97 Å². The van der Waals surface area contributed by atoms with Crippen LogP contribution in [-0.2, 0) is 0 Å². The van der Waals surface area contributed by atoms with E-state index in [9.17, 15) is 0 Å². The quantitative estimate of drug-likeness (QED) is 0.708. The number of hydrogen-bond donors (Lipinski definition) is 3. The number of nitrogens with one attached hydrogen (secondary N) is 2. The molecular formula is C12H23N5. The highest BCUT2D eigenvalue weighted by atomic mass is 15.1. The lowest BCUT2D eigenvalue weighted by atomic mass is 10.1. The lowest BCUT2D eigenvalue weighted by molar-refractivity contribution is 0.606.